The molecule has 1 heterocycles. The summed E-state index contributed by atoms with van der Waals surface area (Å²) in [5.41, 5.74) is 1.48. The van der Waals surface area contributed by atoms with Crippen LogP contribution in [0.5, 0.6) is 5.75 Å². The SMILES string of the molecule is CN=C(NCC1(c2ccccc2OC)CC1)N(C)CCc1cccs1.I. The molecule has 1 aromatic heterocycles. The molecule has 2 aromatic rings. The minimum Gasteiger partial charge on any atom is -0.496 e. The normalized spacial score (nSPS) is 15.1. The number of thiophene rings is 1. The van der Waals surface area contributed by atoms with E-state index in [2.05, 4.69) is 58.0 Å². The molecule has 26 heavy (non-hydrogen) atoms. The van der Waals surface area contributed by atoms with Gasteiger partial charge in [-0.05, 0) is 36.8 Å². The van der Waals surface area contributed by atoms with E-state index >= 15 is 0 Å². The molecule has 0 atom stereocenters. The van der Waals surface area contributed by atoms with Gasteiger partial charge in [-0.3, -0.25) is 4.99 Å². The lowest BCUT2D eigenvalue weighted by Crippen LogP contribution is -2.43. The third-order valence-corrected chi connectivity index (χ3v) is 5.90. The van der Waals surface area contributed by atoms with E-state index in [0.717, 1.165) is 31.2 Å². The maximum Gasteiger partial charge on any atom is 0.193 e. The standard InChI is InChI=1S/C20H27N3OS.HI/c1-21-19(23(2)13-10-16-7-6-14-25-16)22-15-20(11-12-20)17-8-4-5-9-18(17)24-3;/h4-9,14H,10-13,15H2,1-3H3,(H,21,22);1H. The number of ether oxygens (including phenoxy) is 1. The Hall–Kier alpha value is -1.28. The molecule has 0 bridgehead atoms. The van der Waals surface area contributed by atoms with Crippen molar-refractivity contribution in [2.24, 2.45) is 4.99 Å². The summed E-state index contributed by atoms with van der Waals surface area (Å²) in [4.78, 5) is 8.08. The van der Waals surface area contributed by atoms with Crippen molar-refractivity contribution in [3.05, 3.63) is 52.2 Å². The van der Waals surface area contributed by atoms with Gasteiger partial charge in [0.1, 0.15) is 5.75 Å². The fraction of sp³-hybridized carbons (Fsp3) is 0.450. The fourth-order valence-electron chi connectivity index (χ4n) is 3.25. The second-order valence-electron chi connectivity index (χ2n) is 6.63. The summed E-state index contributed by atoms with van der Waals surface area (Å²) in [6, 6.07) is 12.7. The van der Waals surface area contributed by atoms with E-state index in [1.807, 2.05) is 24.5 Å². The molecule has 1 fully saturated rings. The molecule has 1 aromatic carbocycles. The van der Waals surface area contributed by atoms with Crippen LogP contribution in [0, 0.1) is 0 Å². The maximum atomic E-state index is 5.56. The van der Waals surface area contributed by atoms with E-state index in [1.54, 1.807) is 7.11 Å². The first-order valence-electron chi connectivity index (χ1n) is 8.76. The zero-order valence-corrected chi connectivity index (χ0v) is 18.8. The summed E-state index contributed by atoms with van der Waals surface area (Å²) in [6.07, 6.45) is 3.43. The van der Waals surface area contributed by atoms with Crippen LogP contribution >= 0.6 is 35.3 Å². The number of methoxy groups -OCH3 is 1. The second-order valence-corrected chi connectivity index (χ2v) is 7.66. The Kier molecular flexibility index (Phi) is 7.76. The number of para-hydroxylation sites is 1. The molecule has 1 aliphatic rings. The number of halogens is 1. The number of benzene rings is 1. The van der Waals surface area contributed by atoms with Crippen molar-refractivity contribution < 1.29 is 4.74 Å². The molecule has 3 rings (SSSR count). The summed E-state index contributed by atoms with van der Waals surface area (Å²) in [6.45, 7) is 1.85. The molecule has 1 aliphatic carbocycles. The number of nitrogens with zero attached hydrogens (tertiary/aromatic N) is 2. The number of nitrogens with one attached hydrogen (secondary N) is 1. The Labute approximate surface area is 177 Å². The third kappa shape index (κ3) is 4.91. The van der Waals surface area contributed by atoms with Crippen LogP contribution in [0.2, 0.25) is 0 Å². The van der Waals surface area contributed by atoms with Gasteiger partial charge < -0.3 is 15.0 Å². The third-order valence-electron chi connectivity index (χ3n) is 4.96. The predicted octanol–water partition coefficient (Wildman–Crippen LogP) is 4.16. The van der Waals surface area contributed by atoms with E-state index in [0.29, 0.717) is 0 Å². The van der Waals surface area contributed by atoms with E-state index in [4.69, 9.17) is 4.74 Å². The number of guanidine groups is 1. The zero-order valence-electron chi connectivity index (χ0n) is 15.7. The summed E-state index contributed by atoms with van der Waals surface area (Å²) >= 11 is 1.81. The van der Waals surface area contributed by atoms with Crippen molar-refractivity contribution in [2.75, 3.05) is 34.3 Å². The highest BCUT2D eigenvalue weighted by Crippen LogP contribution is 2.50. The highest BCUT2D eigenvalue weighted by atomic mass is 127. The number of hydrogen-bond acceptors (Lipinski definition) is 3. The van der Waals surface area contributed by atoms with Crippen molar-refractivity contribution in [1.82, 2.24) is 10.2 Å². The van der Waals surface area contributed by atoms with Gasteiger partial charge in [-0.15, -0.1) is 35.3 Å². The van der Waals surface area contributed by atoms with Crippen LogP contribution in [0.1, 0.15) is 23.3 Å². The van der Waals surface area contributed by atoms with Crippen LogP contribution in [0.25, 0.3) is 0 Å². The van der Waals surface area contributed by atoms with E-state index < -0.39 is 0 Å². The molecular weight excluding hydrogens is 457 g/mol. The number of rotatable bonds is 7. The smallest absolute Gasteiger partial charge is 0.193 e. The first-order chi connectivity index (χ1) is 12.2. The first kappa shape index (κ1) is 21.0. The van der Waals surface area contributed by atoms with Crippen molar-refractivity contribution in [3.8, 4) is 5.75 Å². The van der Waals surface area contributed by atoms with E-state index in [9.17, 15) is 0 Å². The average Bonchev–Trinajstić information content (AvgIpc) is 3.25. The molecule has 1 N–H and O–H groups in total. The van der Waals surface area contributed by atoms with Crippen molar-refractivity contribution in [1.29, 1.82) is 0 Å². The van der Waals surface area contributed by atoms with Crippen LogP contribution in [0.4, 0.5) is 0 Å². The molecule has 6 heteroatoms. The quantitative estimate of drug-likeness (QED) is 0.364. The summed E-state index contributed by atoms with van der Waals surface area (Å²) in [5, 5.41) is 5.71. The van der Waals surface area contributed by atoms with Gasteiger partial charge in [-0.1, -0.05) is 24.3 Å². The van der Waals surface area contributed by atoms with Gasteiger partial charge in [0.05, 0.1) is 7.11 Å². The van der Waals surface area contributed by atoms with Gasteiger partial charge >= 0.3 is 0 Å². The minimum atomic E-state index is 0. The highest BCUT2D eigenvalue weighted by Gasteiger charge is 2.46. The predicted molar refractivity (Wildman–Crippen MR) is 121 cm³/mol. The van der Waals surface area contributed by atoms with Crippen LogP contribution in [-0.4, -0.2) is 45.2 Å². The molecule has 4 nitrogen and oxygen atoms in total. The first-order valence-corrected chi connectivity index (χ1v) is 9.64. The number of hydrogen-bond donors (Lipinski definition) is 1. The molecule has 0 radical (unpaired) electrons. The van der Waals surface area contributed by atoms with Crippen molar-refractivity contribution in [2.45, 2.75) is 24.7 Å². The molecule has 0 aliphatic heterocycles. The molecule has 0 spiro atoms. The molecule has 0 amide bonds. The largest absolute Gasteiger partial charge is 0.496 e. The Morgan fingerprint density at radius 1 is 1.27 bits per heavy atom. The van der Waals surface area contributed by atoms with Crippen LogP contribution in [0.15, 0.2) is 46.8 Å². The molecule has 1 saturated carbocycles. The molecule has 0 unspecified atom stereocenters. The minimum absolute atomic E-state index is 0. The fourth-order valence-corrected chi connectivity index (χ4v) is 3.94. The average molecular weight is 485 g/mol. The molecule has 142 valence electrons. The molecule has 0 saturated heterocycles. The van der Waals surface area contributed by atoms with Gasteiger partial charge in [-0.25, -0.2) is 0 Å². The second kappa shape index (κ2) is 9.60. The van der Waals surface area contributed by atoms with Gasteiger partial charge in [0.25, 0.3) is 0 Å². The van der Waals surface area contributed by atoms with E-state index in [-0.39, 0.29) is 29.4 Å². The Bertz CT molecular complexity index is 714. The van der Waals surface area contributed by atoms with E-state index in [1.165, 1.54) is 23.3 Å². The van der Waals surface area contributed by atoms with Crippen molar-refractivity contribution in [3.63, 3.8) is 0 Å². The van der Waals surface area contributed by atoms with Gasteiger partial charge in [0.2, 0.25) is 0 Å². The van der Waals surface area contributed by atoms with Crippen LogP contribution < -0.4 is 10.1 Å². The Morgan fingerprint density at radius 2 is 2.04 bits per heavy atom. The Morgan fingerprint density at radius 3 is 2.65 bits per heavy atom. The topological polar surface area (TPSA) is 36.9 Å². The van der Waals surface area contributed by atoms with Gasteiger partial charge in [0, 0.05) is 43.0 Å². The number of likely N-dealkylation sites (N-methyl/N-ethyl adjacent to an activating group) is 1. The monoisotopic (exact) mass is 485 g/mol. The lowest BCUT2D eigenvalue weighted by atomic mass is 9.95. The Balaban J connectivity index is 0.00000243. The lowest BCUT2D eigenvalue weighted by molar-refractivity contribution is 0.402. The summed E-state index contributed by atoms with van der Waals surface area (Å²) in [7, 11) is 5.71. The highest BCUT2D eigenvalue weighted by molar-refractivity contribution is 14.0. The number of aliphatic imine (C=N–C) groups is 1. The van der Waals surface area contributed by atoms with Crippen LogP contribution in [0.3, 0.4) is 0 Å². The van der Waals surface area contributed by atoms with Gasteiger partial charge in [-0.2, -0.15) is 0 Å². The molecular formula is C20H28IN3OS. The maximum absolute atomic E-state index is 5.56. The summed E-state index contributed by atoms with van der Waals surface area (Å²) in [5.74, 6) is 1.94. The van der Waals surface area contributed by atoms with Gasteiger partial charge in [0.15, 0.2) is 5.96 Å². The summed E-state index contributed by atoms with van der Waals surface area (Å²) < 4.78 is 5.56. The zero-order chi connectivity index (χ0) is 17.7. The lowest BCUT2D eigenvalue weighted by Gasteiger charge is -2.25. The van der Waals surface area contributed by atoms with Crippen LogP contribution in [-0.2, 0) is 11.8 Å². The van der Waals surface area contributed by atoms with Crippen molar-refractivity contribution >= 4 is 41.3 Å².